The first kappa shape index (κ1) is 17.2. The fourth-order valence-electron chi connectivity index (χ4n) is 2.47. The van der Waals surface area contributed by atoms with Gasteiger partial charge in [0.25, 0.3) is 0 Å². The molecule has 0 aliphatic rings. The van der Waals surface area contributed by atoms with Crippen LogP contribution in [-0.4, -0.2) is 34.4 Å². The van der Waals surface area contributed by atoms with Gasteiger partial charge in [-0.15, -0.1) is 0 Å². The third-order valence-electron chi connectivity index (χ3n) is 3.94. The molecule has 0 spiro atoms. The van der Waals surface area contributed by atoms with Crippen LogP contribution in [0.3, 0.4) is 0 Å². The van der Waals surface area contributed by atoms with E-state index in [2.05, 4.69) is 23.1 Å². The molecular weight excluding hydrogens is 288 g/mol. The number of nitrogens with zero attached hydrogens (tertiary/aromatic N) is 1. The smallest absolute Gasteiger partial charge is 0.121 e. The monoisotopic (exact) mass is 314 g/mol. The van der Waals surface area contributed by atoms with Crippen molar-refractivity contribution in [2.75, 3.05) is 39.3 Å². The molecule has 0 bridgehead atoms. The molecule has 0 saturated heterocycles. The van der Waals surface area contributed by atoms with Crippen molar-refractivity contribution in [2.45, 2.75) is 12.3 Å². The highest BCUT2D eigenvalue weighted by molar-refractivity contribution is 5.49. The van der Waals surface area contributed by atoms with Crippen molar-refractivity contribution in [1.82, 2.24) is 0 Å². The van der Waals surface area contributed by atoms with E-state index in [1.165, 1.54) is 5.56 Å². The van der Waals surface area contributed by atoms with E-state index < -0.39 is 0 Å². The lowest BCUT2D eigenvalue weighted by Gasteiger charge is -2.17. The normalized spacial score (nSPS) is 11.8. The predicted octanol–water partition coefficient (Wildman–Crippen LogP) is 3.27. The van der Waals surface area contributed by atoms with Crippen molar-refractivity contribution in [2.24, 2.45) is 5.73 Å². The zero-order valence-corrected chi connectivity index (χ0v) is 14.2. The van der Waals surface area contributed by atoms with Crippen LogP contribution >= 0.6 is 0 Å². The third-order valence-corrected chi connectivity index (χ3v) is 3.94. The Morgan fingerprint density at radius 3 is 2.39 bits per heavy atom. The predicted molar refractivity (Wildman–Crippen MR) is 95.7 cm³/mol. The van der Waals surface area contributed by atoms with Gasteiger partial charge in [0.15, 0.2) is 0 Å². The maximum atomic E-state index is 5.93. The molecule has 124 valence electrons. The van der Waals surface area contributed by atoms with E-state index in [1.54, 1.807) is 7.11 Å². The van der Waals surface area contributed by atoms with E-state index in [-0.39, 0.29) is 5.92 Å². The Hall–Kier alpha value is -2.20. The highest BCUT2D eigenvalue weighted by Crippen LogP contribution is 2.23. The molecule has 0 fully saturated rings. The van der Waals surface area contributed by atoms with E-state index in [4.69, 9.17) is 15.2 Å². The van der Waals surface area contributed by atoms with Crippen LogP contribution in [0.25, 0.3) is 0 Å². The lowest BCUT2D eigenvalue weighted by molar-refractivity contribution is 0.298. The van der Waals surface area contributed by atoms with E-state index >= 15 is 0 Å². The zero-order valence-electron chi connectivity index (χ0n) is 14.2. The van der Waals surface area contributed by atoms with E-state index in [0.29, 0.717) is 13.2 Å². The van der Waals surface area contributed by atoms with Gasteiger partial charge in [0, 0.05) is 25.8 Å². The first-order chi connectivity index (χ1) is 11.1. The van der Waals surface area contributed by atoms with E-state index in [1.807, 2.05) is 44.4 Å². The summed E-state index contributed by atoms with van der Waals surface area (Å²) in [5, 5.41) is 0. The number of rotatable bonds is 8. The second-order valence-corrected chi connectivity index (χ2v) is 5.73. The van der Waals surface area contributed by atoms with Gasteiger partial charge in [-0.1, -0.05) is 18.2 Å². The fraction of sp³-hybridized carbons (Fsp3) is 0.368. The van der Waals surface area contributed by atoms with E-state index in [9.17, 15) is 0 Å². The number of benzene rings is 2. The van der Waals surface area contributed by atoms with Crippen LogP contribution in [0, 0.1) is 0 Å². The number of hydrogen-bond donors (Lipinski definition) is 1. The number of ether oxygens (including phenoxy) is 2. The van der Waals surface area contributed by atoms with Crippen molar-refractivity contribution in [3.8, 4) is 11.5 Å². The first-order valence-corrected chi connectivity index (χ1v) is 7.88. The lowest BCUT2D eigenvalue weighted by atomic mass is 9.96. The second kappa shape index (κ2) is 8.44. The summed E-state index contributed by atoms with van der Waals surface area (Å²) in [6, 6.07) is 16.2. The first-order valence-electron chi connectivity index (χ1n) is 7.88. The molecule has 2 N–H and O–H groups in total. The van der Waals surface area contributed by atoms with Gasteiger partial charge in [-0.3, -0.25) is 0 Å². The molecule has 1 unspecified atom stereocenters. The van der Waals surface area contributed by atoms with Gasteiger partial charge in [0.1, 0.15) is 11.5 Å². The van der Waals surface area contributed by atoms with Crippen LogP contribution in [0.4, 0.5) is 5.69 Å². The Morgan fingerprint density at radius 2 is 1.78 bits per heavy atom. The van der Waals surface area contributed by atoms with Crippen LogP contribution < -0.4 is 20.1 Å². The maximum absolute atomic E-state index is 5.93. The summed E-state index contributed by atoms with van der Waals surface area (Å²) in [5.41, 5.74) is 8.28. The Kier molecular flexibility index (Phi) is 6.29. The lowest BCUT2D eigenvalue weighted by Crippen LogP contribution is -2.15. The van der Waals surface area contributed by atoms with Crippen LogP contribution in [-0.2, 0) is 0 Å². The summed E-state index contributed by atoms with van der Waals surface area (Å²) in [5.74, 6) is 2.04. The summed E-state index contributed by atoms with van der Waals surface area (Å²) in [6.45, 7) is 1.25. The molecule has 0 aliphatic carbocycles. The van der Waals surface area contributed by atoms with Crippen LogP contribution in [0.15, 0.2) is 48.5 Å². The topological polar surface area (TPSA) is 47.7 Å². The number of methoxy groups -OCH3 is 1. The Labute approximate surface area is 138 Å². The fourth-order valence-corrected chi connectivity index (χ4v) is 2.47. The van der Waals surface area contributed by atoms with Crippen molar-refractivity contribution in [3.63, 3.8) is 0 Å². The quantitative estimate of drug-likeness (QED) is 0.812. The molecule has 0 radical (unpaired) electrons. The van der Waals surface area contributed by atoms with Gasteiger partial charge in [0.05, 0.1) is 13.7 Å². The summed E-state index contributed by atoms with van der Waals surface area (Å²) in [6.07, 6.45) is 0.884. The minimum Gasteiger partial charge on any atom is -0.497 e. The standard InChI is InChI=1S/C19H26N2O2/c1-21(2)17-5-4-6-19(13-17)23-12-11-16(14-20)15-7-9-18(22-3)10-8-15/h4-10,13,16H,11-12,14,20H2,1-3H3. The number of hydrogen-bond acceptors (Lipinski definition) is 4. The molecule has 23 heavy (non-hydrogen) atoms. The molecule has 2 rings (SSSR count). The van der Waals surface area contributed by atoms with Crippen molar-refractivity contribution >= 4 is 5.69 Å². The average Bonchev–Trinajstić information content (AvgIpc) is 2.59. The Bertz CT molecular complexity index is 597. The molecule has 0 aliphatic heterocycles. The molecule has 0 aromatic heterocycles. The molecule has 4 nitrogen and oxygen atoms in total. The maximum Gasteiger partial charge on any atom is 0.121 e. The zero-order chi connectivity index (χ0) is 16.7. The van der Waals surface area contributed by atoms with Gasteiger partial charge in [0.2, 0.25) is 0 Å². The Balaban J connectivity index is 1.91. The largest absolute Gasteiger partial charge is 0.497 e. The number of anilines is 1. The molecular formula is C19H26N2O2. The highest BCUT2D eigenvalue weighted by Gasteiger charge is 2.10. The summed E-state index contributed by atoms with van der Waals surface area (Å²) in [4.78, 5) is 2.06. The average molecular weight is 314 g/mol. The van der Waals surface area contributed by atoms with E-state index in [0.717, 1.165) is 23.6 Å². The van der Waals surface area contributed by atoms with Gasteiger partial charge in [-0.25, -0.2) is 0 Å². The minimum absolute atomic E-state index is 0.290. The molecule has 2 aromatic rings. The molecule has 0 amide bonds. The van der Waals surface area contributed by atoms with Crippen LogP contribution in [0.5, 0.6) is 11.5 Å². The molecule has 0 saturated carbocycles. The second-order valence-electron chi connectivity index (χ2n) is 5.73. The molecule has 1 atom stereocenters. The number of nitrogens with two attached hydrogens (primary N) is 1. The Morgan fingerprint density at radius 1 is 1.04 bits per heavy atom. The summed E-state index contributed by atoms with van der Waals surface area (Å²) in [7, 11) is 5.71. The van der Waals surface area contributed by atoms with Crippen LogP contribution in [0.2, 0.25) is 0 Å². The van der Waals surface area contributed by atoms with Crippen molar-refractivity contribution < 1.29 is 9.47 Å². The van der Waals surface area contributed by atoms with Crippen molar-refractivity contribution in [1.29, 1.82) is 0 Å². The minimum atomic E-state index is 0.290. The third kappa shape index (κ3) is 4.89. The van der Waals surface area contributed by atoms with Crippen LogP contribution in [0.1, 0.15) is 17.9 Å². The summed E-state index contributed by atoms with van der Waals surface area (Å²) < 4.78 is 11.1. The summed E-state index contributed by atoms with van der Waals surface area (Å²) >= 11 is 0. The van der Waals surface area contributed by atoms with Gasteiger partial charge >= 0.3 is 0 Å². The molecule has 0 heterocycles. The molecule has 2 aromatic carbocycles. The van der Waals surface area contributed by atoms with Gasteiger partial charge < -0.3 is 20.1 Å². The van der Waals surface area contributed by atoms with Gasteiger partial charge in [-0.05, 0) is 48.7 Å². The highest BCUT2D eigenvalue weighted by atomic mass is 16.5. The van der Waals surface area contributed by atoms with Gasteiger partial charge in [-0.2, -0.15) is 0 Å². The SMILES string of the molecule is COc1ccc(C(CN)CCOc2cccc(N(C)C)c2)cc1. The van der Waals surface area contributed by atoms with Crippen molar-refractivity contribution in [3.05, 3.63) is 54.1 Å². The molecule has 4 heteroatoms.